The van der Waals surface area contributed by atoms with Gasteiger partial charge in [-0.1, -0.05) is 23.7 Å². The number of carbonyl (C=O) groups excluding carboxylic acids is 1. The molecule has 2 N–H and O–H groups in total. The molecular weight excluding hydrogens is 332 g/mol. The normalized spacial score (nSPS) is 11.0. The number of thiophene rings is 1. The van der Waals surface area contributed by atoms with Crippen LogP contribution in [0.3, 0.4) is 0 Å². The number of nitrogens with one attached hydrogen (secondary N) is 2. The van der Waals surface area contributed by atoms with E-state index in [1.807, 2.05) is 36.4 Å². The van der Waals surface area contributed by atoms with Crippen LogP contribution in [0.15, 0.2) is 55.1 Å². The number of carbonyl (C=O) groups is 1. The first kappa shape index (κ1) is 14.0. The minimum atomic E-state index is -0.214. The molecule has 0 aliphatic rings. The average molecular weight is 343 g/mol. The molecule has 0 unspecified atom stereocenters. The highest BCUT2D eigenvalue weighted by atomic mass is 35.5. The van der Waals surface area contributed by atoms with Crippen LogP contribution in [0.25, 0.3) is 21.5 Å². The average Bonchev–Trinajstić information content (AvgIpc) is 3.26. The molecule has 4 rings (SSSR count). The molecule has 1 amide bonds. The largest absolute Gasteiger partial charge is 0.366 e. The summed E-state index contributed by atoms with van der Waals surface area (Å²) in [6.45, 7) is 0. The van der Waals surface area contributed by atoms with Crippen molar-refractivity contribution in [1.82, 2.24) is 14.6 Å². The fourth-order valence-electron chi connectivity index (χ4n) is 2.43. The second-order valence-electron chi connectivity index (χ2n) is 4.93. The summed E-state index contributed by atoms with van der Waals surface area (Å²) in [4.78, 5) is 20.8. The molecule has 0 saturated carbocycles. The number of rotatable bonds is 3. The third-order valence-corrected chi connectivity index (χ3v) is 4.77. The standard InChI is InChI=1S/C16H11ClN4OS/c17-15-6-5-14(23-15)10-7-18-8-11(10)16(22)20-21-9-19-12-3-1-2-4-13(12)21/h1-9,18H,(H,20,22). The zero-order valence-corrected chi connectivity index (χ0v) is 13.4. The van der Waals surface area contributed by atoms with Crippen LogP contribution in [0, 0.1) is 0 Å². The number of halogens is 1. The summed E-state index contributed by atoms with van der Waals surface area (Å²) in [5.41, 5.74) is 5.90. The van der Waals surface area contributed by atoms with Crippen molar-refractivity contribution in [2.24, 2.45) is 0 Å². The molecule has 0 aliphatic carbocycles. The molecule has 7 heteroatoms. The molecule has 3 aromatic heterocycles. The molecule has 0 spiro atoms. The maximum Gasteiger partial charge on any atom is 0.272 e. The van der Waals surface area contributed by atoms with Gasteiger partial charge in [0.25, 0.3) is 5.91 Å². The maximum atomic E-state index is 12.6. The highest BCUT2D eigenvalue weighted by molar-refractivity contribution is 7.19. The zero-order valence-electron chi connectivity index (χ0n) is 11.8. The topological polar surface area (TPSA) is 62.7 Å². The third kappa shape index (κ3) is 2.52. The predicted octanol–water partition coefficient (Wildman–Crippen LogP) is 4.13. The number of benzene rings is 1. The van der Waals surface area contributed by atoms with Gasteiger partial charge in [0.2, 0.25) is 0 Å². The van der Waals surface area contributed by atoms with Crippen molar-refractivity contribution in [2.45, 2.75) is 0 Å². The maximum absolute atomic E-state index is 12.6. The second-order valence-corrected chi connectivity index (χ2v) is 6.65. The van der Waals surface area contributed by atoms with Gasteiger partial charge in [0.05, 0.1) is 20.9 Å². The molecule has 114 valence electrons. The number of aromatic amines is 1. The van der Waals surface area contributed by atoms with Crippen molar-refractivity contribution in [3.8, 4) is 10.4 Å². The Morgan fingerprint density at radius 2 is 2.09 bits per heavy atom. The van der Waals surface area contributed by atoms with Gasteiger partial charge in [0, 0.05) is 22.8 Å². The lowest BCUT2D eigenvalue weighted by Gasteiger charge is -2.07. The van der Waals surface area contributed by atoms with Gasteiger partial charge in [0.15, 0.2) is 0 Å². The van der Waals surface area contributed by atoms with Crippen molar-refractivity contribution in [3.63, 3.8) is 0 Å². The van der Waals surface area contributed by atoms with Crippen LogP contribution >= 0.6 is 22.9 Å². The van der Waals surface area contributed by atoms with E-state index in [-0.39, 0.29) is 5.91 Å². The van der Waals surface area contributed by atoms with Crippen molar-refractivity contribution in [3.05, 3.63) is 65.0 Å². The van der Waals surface area contributed by atoms with Gasteiger partial charge in [0.1, 0.15) is 6.33 Å². The molecular formula is C16H11ClN4OS. The fourth-order valence-corrected chi connectivity index (χ4v) is 3.51. The Morgan fingerprint density at radius 1 is 1.22 bits per heavy atom. The van der Waals surface area contributed by atoms with Crippen LogP contribution in [-0.4, -0.2) is 20.6 Å². The fraction of sp³-hybridized carbons (Fsp3) is 0. The summed E-state index contributed by atoms with van der Waals surface area (Å²) in [6, 6.07) is 11.3. The molecule has 4 aromatic rings. The molecule has 0 aliphatic heterocycles. The molecule has 5 nitrogen and oxygen atoms in total. The van der Waals surface area contributed by atoms with Gasteiger partial charge >= 0.3 is 0 Å². The summed E-state index contributed by atoms with van der Waals surface area (Å²) >= 11 is 7.42. The van der Waals surface area contributed by atoms with Gasteiger partial charge in [-0.05, 0) is 24.3 Å². The number of para-hydroxylation sites is 2. The van der Waals surface area contributed by atoms with Crippen molar-refractivity contribution >= 4 is 39.9 Å². The van der Waals surface area contributed by atoms with E-state index in [1.54, 1.807) is 23.4 Å². The SMILES string of the molecule is O=C(Nn1cnc2ccccc21)c1c[nH]cc1-c1ccc(Cl)s1. The molecule has 0 bridgehead atoms. The van der Waals surface area contributed by atoms with Gasteiger partial charge in [-0.3, -0.25) is 10.2 Å². The van der Waals surface area contributed by atoms with Gasteiger partial charge in [-0.15, -0.1) is 11.3 Å². The third-order valence-electron chi connectivity index (χ3n) is 3.50. The summed E-state index contributed by atoms with van der Waals surface area (Å²) in [5.74, 6) is -0.214. The number of imidazole rings is 1. The Morgan fingerprint density at radius 3 is 2.91 bits per heavy atom. The smallest absolute Gasteiger partial charge is 0.272 e. The number of aromatic nitrogens is 3. The van der Waals surface area contributed by atoms with Gasteiger partial charge < -0.3 is 4.98 Å². The van der Waals surface area contributed by atoms with Gasteiger partial charge in [-0.25, -0.2) is 9.66 Å². The van der Waals surface area contributed by atoms with E-state index in [0.717, 1.165) is 21.5 Å². The van der Waals surface area contributed by atoms with Crippen LogP contribution < -0.4 is 5.43 Å². The molecule has 0 fully saturated rings. The summed E-state index contributed by atoms with van der Waals surface area (Å²) < 4.78 is 2.31. The lowest BCUT2D eigenvalue weighted by molar-refractivity contribution is 0.101. The number of fused-ring (bicyclic) bond motifs is 1. The first-order valence-corrected chi connectivity index (χ1v) is 8.08. The first-order chi connectivity index (χ1) is 11.2. The van der Waals surface area contributed by atoms with Gasteiger partial charge in [-0.2, -0.15) is 0 Å². The van der Waals surface area contributed by atoms with Crippen molar-refractivity contribution < 1.29 is 4.79 Å². The number of amides is 1. The predicted molar refractivity (Wildman–Crippen MR) is 92.5 cm³/mol. The Balaban J connectivity index is 1.67. The van der Waals surface area contributed by atoms with E-state index >= 15 is 0 Å². The first-order valence-electron chi connectivity index (χ1n) is 6.88. The molecule has 1 aromatic carbocycles. The second kappa shape index (κ2) is 5.57. The number of hydrogen-bond acceptors (Lipinski definition) is 3. The summed E-state index contributed by atoms with van der Waals surface area (Å²) in [6.07, 6.45) is 5.07. The van der Waals surface area contributed by atoms with E-state index in [2.05, 4.69) is 15.4 Å². The van der Waals surface area contributed by atoms with Crippen LogP contribution in [0.4, 0.5) is 0 Å². The minimum absolute atomic E-state index is 0.214. The van der Waals surface area contributed by atoms with E-state index in [1.165, 1.54) is 11.3 Å². The van der Waals surface area contributed by atoms with Crippen LogP contribution in [0.2, 0.25) is 4.34 Å². The van der Waals surface area contributed by atoms with E-state index in [9.17, 15) is 4.79 Å². The minimum Gasteiger partial charge on any atom is -0.366 e. The van der Waals surface area contributed by atoms with Crippen LogP contribution in [-0.2, 0) is 0 Å². The van der Waals surface area contributed by atoms with Crippen LogP contribution in [0.1, 0.15) is 10.4 Å². The number of hydrogen-bond donors (Lipinski definition) is 2. The highest BCUT2D eigenvalue weighted by Crippen LogP contribution is 2.33. The Kier molecular flexibility index (Phi) is 3.40. The molecule has 0 radical (unpaired) electrons. The van der Waals surface area contributed by atoms with Crippen molar-refractivity contribution in [2.75, 3.05) is 5.43 Å². The number of H-pyrrole nitrogens is 1. The summed E-state index contributed by atoms with van der Waals surface area (Å²) in [7, 11) is 0. The Labute approximate surface area is 140 Å². The Hall–Kier alpha value is -2.57. The number of nitrogens with zero attached hydrogens (tertiary/aromatic N) is 2. The molecule has 0 saturated heterocycles. The highest BCUT2D eigenvalue weighted by Gasteiger charge is 2.16. The Bertz CT molecular complexity index is 1000. The monoisotopic (exact) mass is 342 g/mol. The van der Waals surface area contributed by atoms with E-state index < -0.39 is 0 Å². The quantitative estimate of drug-likeness (QED) is 0.588. The summed E-state index contributed by atoms with van der Waals surface area (Å²) in [5, 5.41) is 0. The van der Waals surface area contributed by atoms with Crippen molar-refractivity contribution in [1.29, 1.82) is 0 Å². The van der Waals surface area contributed by atoms with E-state index in [4.69, 9.17) is 11.6 Å². The molecule has 3 heterocycles. The lowest BCUT2D eigenvalue weighted by atomic mass is 10.1. The molecule has 23 heavy (non-hydrogen) atoms. The lowest BCUT2D eigenvalue weighted by Crippen LogP contribution is -2.22. The van der Waals surface area contributed by atoms with Crippen LogP contribution in [0.5, 0.6) is 0 Å². The molecule has 0 atom stereocenters. The zero-order chi connectivity index (χ0) is 15.8. The van der Waals surface area contributed by atoms with E-state index in [0.29, 0.717) is 9.90 Å².